The van der Waals surface area contributed by atoms with Crippen LogP contribution in [0.4, 0.5) is 5.69 Å². The lowest BCUT2D eigenvalue weighted by Crippen LogP contribution is -2.33. The second-order valence-corrected chi connectivity index (χ2v) is 7.76. The Bertz CT molecular complexity index is 1060. The van der Waals surface area contributed by atoms with Gasteiger partial charge in [-0.25, -0.2) is 0 Å². The molecular weight excluding hydrogens is 362 g/mol. The molecule has 0 spiro atoms. The first-order valence-corrected chi connectivity index (χ1v) is 9.95. The number of nitrogens with one attached hydrogen (secondary N) is 2. The topological polar surface area (TPSA) is 84.2 Å². The van der Waals surface area contributed by atoms with Crippen molar-refractivity contribution in [3.8, 4) is 0 Å². The fourth-order valence-corrected chi connectivity index (χ4v) is 3.61. The van der Waals surface area contributed by atoms with Crippen molar-refractivity contribution in [2.24, 2.45) is 17.6 Å². The number of hydrogen-bond donors (Lipinski definition) is 3. The fraction of sp³-hybridized carbons (Fsp3) is 0.250. The minimum Gasteiger partial charge on any atom is -0.344 e. The molecule has 29 heavy (non-hydrogen) atoms. The van der Waals surface area contributed by atoms with Crippen LogP contribution in [0, 0.1) is 11.8 Å². The Morgan fingerprint density at radius 1 is 1.03 bits per heavy atom. The maximum atomic E-state index is 12.8. The molecule has 2 amide bonds. The minimum absolute atomic E-state index is 0.0195. The van der Waals surface area contributed by atoms with Crippen molar-refractivity contribution in [2.75, 3.05) is 11.9 Å². The number of fused-ring (bicyclic) bond motifs is 1. The minimum atomic E-state index is -0.294. The Labute approximate surface area is 170 Å². The van der Waals surface area contributed by atoms with E-state index in [1.807, 2.05) is 30.3 Å². The normalized spacial score (nSPS) is 18.8. The number of carbonyl (C=O) groups is 2. The van der Waals surface area contributed by atoms with Crippen LogP contribution in [0.2, 0.25) is 0 Å². The van der Waals surface area contributed by atoms with E-state index in [1.54, 1.807) is 24.3 Å². The van der Waals surface area contributed by atoms with Crippen molar-refractivity contribution in [3.63, 3.8) is 0 Å². The van der Waals surface area contributed by atoms with Gasteiger partial charge in [0.25, 0.3) is 5.91 Å². The molecule has 1 aliphatic carbocycles. The summed E-state index contributed by atoms with van der Waals surface area (Å²) in [7, 11) is 0. The maximum absolute atomic E-state index is 12.8. The molecule has 148 valence electrons. The van der Waals surface area contributed by atoms with Gasteiger partial charge in [0.1, 0.15) is 0 Å². The quantitative estimate of drug-likeness (QED) is 0.600. The third kappa shape index (κ3) is 4.30. The van der Waals surface area contributed by atoms with Crippen molar-refractivity contribution < 1.29 is 9.59 Å². The summed E-state index contributed by atoms with van der Waals surface area (Å²) in [5.74, 6) is 0.325. The zero-order valence-electron chi connectivity index (χ0n) is 16.4. The lowest BCUT2D eigenvalue weighted by Gasteiger charge is -2.18. The van der Waals surface area contributed by atoms with Gasteiger partial charge in [-0.3, -0.25) is 9.59 Å². The molecule has 3 aromatic carbocycles. The highest BCUT2D eigenvalue weighted by molar-refractivity contribution is 5.98. The summed E-state index contributed by atoms with van der Waals surface area (Å²) in [6.45, 7) is 2.36. The predicted molar refractivity (Wildman–Crippen MR) is 116 cm³/mol. The van der Waals surface area contributed by atoms with Gasteiger partial charge in [0.05, 0.1) is 6.04 Å². The molecule has 1 saturated carbocycles. The zero-order valence-corrected chi connectivity index (χ0v) is 16.4. The molecule has 3 aromatic rings. The first-order valence-electron chi connectivity index (χ1n) is 9.95. The first-order chi connectivity index (χ1) is 14.0. The van der Waals surface area contributed by atoms with E-state index in [2.05, 4.69) is 29.7 Å². The van der Waals surface area contributed by atoms with Crippen LogP contribution in [-0.2, 0) is 4.79 Å². The molecule has 5 heteroatoms. The van der Waals surface area contributed by atoms with Gasteiger partial charge in [0.2, 0.25) is 5.91 Å². The van der Waals surface area contributed by atoms with Gasteiger partial charge < -0.3 is 16.4 Å². The predicted octanol–water partition coefficient (Wildman–Crippen LogP) is 3.86. The van der Waals surface area contributed by atoms with Crippen LogP contribution in [0.25, 0.3) is 10.8 Å². The number of nitrogens with two attached hydrogens (primary N) is 1. The highest BCUT2D eigenvalue weighted by Crippen LogP contribution is 2.38. The fourth-order valence-electron chi connectivity index (χ4n) is 3.61. The number of amides is 2. The van der Waals surface area contributed by atoms with Crippen molar-refractivity contribution >= 4 is 28.3 Å². The summed E-state index contributed by atoms with van der Waals surface area (Å²) in [5.41, 5.74) is 8.04. The van der Waals surface area contributed by atoms with Crippen LogP contribution in [-0.4, -0.2) is 18.4 Å². The van der Waals surface area contributed by atoms with E-state index in [-0.39, 0.29) is 23.8 Å². The van der Waals surface area contributed by atoms with Crippen molar-refractivity contribution in [3.05, 3.63) is 77.9 Å². The Balaban J connectivity index is 1.48. The number of hydrogen-bond acceptors (Lipinski definition) is 3. The van der Waals surface area contributed by atoms with Crippen LogP contribution in [0.1, 0.15) is 35.3 Å². The largest absolute Gasteiger partial charge is 0.344 e. The number of carbonyl (C=O) groups excluding carboxylic acids is 2. The summed E-state index contributed by atoms with van der Waals surface area (Å²) in [4.78, 5) is 25.0. The average Bonchev–Trinajstić information content (AvgIpc) is 3.48. The van der Waals surface area contributed by atoms with Gasteiger partial charge in [-0.05, 0) is 52.9 Å². The smallest absolute Gasteiger partial charge is 0.251 e. The Hall–Kier alpha value is -3.18. The van der Waals surface area contributed by atoms with E-state index >= 15 is 0 Å². The van der Waals surface area contributed by atoms with E-state index in [4.69, 9.17) is 5.73 Å². The monoisotopic (exact) mass is 387 g/mol. The van der Waals surface area contributed by atoms with Crippen LogP contribution in [0.5, 0.6) is 0 Å². The third-order valence-corrected chi connectivity index (χ3v) is 5.56. The number of anilines is 1. The molecule has 0 aliphatic heterocycles. The Morgan fingerprint density at radius 2 is 1.79 bits per heavy atom. The summed E-state index contributed by atoms with van der Waals surface area (Å²) in [6, 6.07) is 20.9. The Morgan fingerprint density at radius 3 is 2.52 bits per heavy atom. The average molecular weight is 387 g/mol. The Kier molecular flexibility index (Phi) is 5.32. The molecule has 0 aromatic heterocycles. The maximum Gasteiger partial charge on any atom is 0.251 e. The number of benzene rings is 3. The molecule has 4 N–H and O–H groups in total. The van der Waals surface area contributed by atoms with Crippen LogP contribution in [0.15, 0.2) is 66.7 Å². The van der Waals surface area contributed by atoms with Crippen molar-refractivity contribution in [1.82, 2.24) is 5.32 Å². The van der Waals surface area contributed by atoms with Gasteiger partial charge in [-0.15, -0.1) is 0 Å². The van der Waals surface area contributed by atoms with E-state index in [0.29, 0.717) is 23.7 Å². The van der Waals surface area contributed by atoms with Gasteiger partial charge in [-0.2, -0.15) is 0 Å². The van der Waals surface area contributed by atoms with Gasteiger partial charge in [0.15, 0.2) is 0 Å². The lowest BCUT2D eigenvalue weighted by molar-refractivity contribution is -0.117. The van der Waals surface area contributed by atoms with Crippen molar-refractivity contribution in [1.29, 1.82) is 0 Å². The summed E-state index contributed by atoms with van der Waals surface area (Å²) in [6.07, 6.45) is 0.927. The van der Waals surface area contributed by atoms with E-state index in [9.17, 15) is 9.59 Å². The highest BCUT2D eigenvalue weighted by Gasteiger charge is 2.39. The van der Waals surface area contributed by atoms with E-state index < -0.39 is 0 Å². The molecular formula is C24H25N3O2. The third-order valence-electron chi connectivity index (χ3n) is 5.56. The molecule has 4 rings (SSSR count). The molecule has 1 fully saturated rings. The van der Waals surface area contributed by atoms with Gasteiger partial charge in [0, 0.05) is 23.7 Å². The second kappa shape index (κ2) is 8.05. The second-order valence-electron chi connectivity index (χ2n) is 7.76. The molecule has 5 nitrogen and oxygen atoms in total. The standard InChI is InChI=1S/C24H25N3O2/c1-15-11-21(15)24(29)26-20-8-4-7-19(13-20)23(28)27-22(14-25)18-10-9-16-5-2-3-6-17(16)12-18/h2-10,12-13,15,21-22H,11,14,25H2,1H3,(H,26,29)(H,27,28). The summed E-state index contributed by atoms with van der Waals surface area (Å²) < 4.78 is 0. The molecule has 0 heterocycles. The molecule has 3 atom stereocenters. The lowest BCUT2D eigenvalue weighted by atomic mass is 10.0. The van der Waals surface area contributed by atoms with Crippen LogP contribution < -0.4 is 16.4 Å². The summed E-state index contributed by atoms with van der Waals surface area (Å²) >= 11 is 0. The SMILES string of the molecule is CC1CC1C(=O)Nc1cccc(C(=O)NC(CN)c2ccc3ccccc3c2)c1. The molecule has 0 saturated heterocycles. The van der Waals surface area contributed by atoms with E-state index in [1.165, 1.54) is 0 Å². The zero-order chi connectivity index (χ0) is 20.4. The molecule has 3 unspecified atom stereocenters. The van der Waals surface area contributed by atoms with Crippen molar-refractivity contribution in [2.45, 2.75) is 19.4 Å². The van der Waals surface area contributed by atoms with Gasteiger partial charge in [-0.1, -0.05) is 49.4 Å². The first kappa shape index (κ1) is 19.2. The summed E-state index contributed by atoms with van der Waals surface area (Å²) in [5, 5.41) is 8.17. The molecule has 0 radical (unpaired) electrons. The number of rotatable bonds is 6. The molecule has 0 bridgehead atoms. The molecule has 1 aliphatic rings. The van der Waals surface area contributed by atoms with Crippen LogP contribution >= 0.6 is 0 Å². The van der Waals surface area contributed by atoms with Crippen LogP contribution in [0.3, 0.4) is 0 Å². The van der Waals surface area contributed by atoms with Gasteiger partial charge >= 0.3 is 0 Å². The highest BCUT2D eigenvalue weighted by atomic mass is 16.2. The van der Waals surface area contributed by atoms with E-state index in [0.717, 1.165) is 22.8 Å².